The van der Waals surface area contributed by atoms with Crippen LogP contribution in [-0.2, 0) is 40.3 Å². The lowest BCUT2D eigenvalue weighted by Gasteiger charge is -2.34. The van der Waals surface area contributed by atoms with Gasteiger partial charge in [0.1, 0.15) is 23.6 Å². The molecule has 0 bridgehead atoms. The topological polar surface area (TPSA) is 141 Å². The molecule has 0 spiro atoms. The maximum absolute atomic E-state index is 15.9. The summed E-state index contributed by atoms with van der Waals surface area (Å²) in [7, 11) is 3.51. The number of fused-ring (bicyclic) bond motifs is 4. The fraction of sp³-hybridized carbons (Fsp3) is 0.444. The van der Waals surface area contributed by atoms with Gasteiger partial charge in [0.15, 0.2) is 5.82 Å². The number of ether oxygens (including phenoxy) is 3. The number of benzene rings is 3. The van der Waals surface area contributed by atoms with E-state index < -0.39 is 0 Å². The van der Waals surface area contributed by atoms with Gasteiger partial charge >= 0.3 is 0 Å². The van der Waals surface area contributed by atoms with Gasteiger partial charge in [-0.15, -0.1) is 0 Å². The molecular formula is C54H63Cl2N11O5. The quantitative estimate of drug-likeness (QED) is 0.0863. The van der Waals surface area contributed by atoms with Gasteiger partial charge in [-0.1, -0.05) is 29.3 Å². The van der Waals surface area contributed by atoms with Crippen LogP contribution >= 0.6 is 23.2 Å². The lowest BCUT2D eigenvalue weighted by Crippen LogP contribution is -2.48. The number of hydrogen-bond donors (Lipinski definition) is 0. The summed E-state index contributed by atoms with van der Waals surface area (Å²) < 4.78 is 23.6. The Labute approximate surface area is 430 Å². The molecule has 0 radical (unpaired) electrons. The van der Waals surface area contributed by atoms with E-state index in [1.807, 2.05) is 57.8 Å². The Kier molecular flexibility index (Phi) is 14.4. The first-order valence-corrected chi connectivity index (χ1v) is 25.7. The molecule has 0 N–H and O–H groups in total. The van der Waals surface area contributed by atoms with E-state index in [0.717, 1.165) is 129 Å². The number of anilines is 1. The molecular weight excluding hydrogens is 954 g/mol. The van der Waals surface area contributed by atoms with E-state index in [4.69, 9.17) is 52.5 Å². The Morgan fingerprint density at radius 3 is 2.35 bits per heavy atom. The minimum atomic E-state index is -0.175. The zero-order valence-electron chi connectivity index (χ0n) is 42.3. The van der Waals surface area contributed by atoms with Gasteiger partial charge in [-0.05, 0) is 101 Å². The highest BCUT2D eigenvalue weighted by atomic mass is 35.5. The first kappa shape index (κ1) is 49.7. The van der Waals surface area contributed by atoms with Crippen molar-refractivity contribution in [3.8, 4) is 28.3 Å². The number of aryl methyl sites for hydroxylation is 5. The van der Waals surface area contributed by atoms with Crippen molar-refractivity contribution >= 4 is 62.5 Å². The number of carbonyl (C=O) groups is 2. The molecule has 378 valence electrons. The summed E-state index contributed by atoms with van der Waals surface area (Å²) in [6.07, 6.45) is 5.09. The zero-order valence-corrected chi connectivity index (χ0v) is 43.8. The standard InChI is InChI=1S/C54H63Cl2N11O5/c1-33-25-39(26-34(2)50(33)56)72-21-8-9-40-41-11-12-43(55)49(48-36(4)58-46(59-37(48)5)30-63-15-14-61(6)47(68)31-63)51(41)67-35(3)28-66(54(69)52(40)67)45-29-64(17-16-62-18-23-71-24-19-62)44-13-10-38(27-42(44)45)53-57-32-65(60-53)20-22-70-7/h10-13,25-27,29,32,35H,8-9,14-24,28,30-31H2,1-7H3/t35-/m1/s1. The number of halogens is 2. The molecule has 1 atom stereocenters. The molecule has 0 aliphatic carbocycles. The number of hydrogen-bond acceptors (Lipinski definition) is 11. The molecule has 4 aromatic heterocycles. The first-order chi connectivity index (χ1) is 34.8. The Morgan fingerprint density at radius 1 is 0.847 bits per heavy atom. The molecule has 7 aromatic rings. The lowest BCUT2D eigenvalue weighted by molar-refractivity contribution is -0.134. The monoisotopic (exact) mass is 1020 g/mol. The van der Waals surface area contributed by atoms with Crippen molar-refractivity contribution in [2.75, 3.05) is 91.3 Å². The molecule has 2 saturated heterocycles. The van der Waals surface area contributed by atoms with Crippen molar-refractivity contribution in [3.63, 3.8) is 0 Å². The molecule has 10 rings (SSSR count). The fourth-order valence-electron chi connectivity index (χ4n) is 10.8. The van der Waals surface area contributed by atoms with Gasteiger partial charge in [-0.2, -0.15) is 5.10 Å². The van der Waals surface area contributed by atoms with Crippen molar-refractivity contribution < 1.29 is 23.8 Å². The Hall–Kier alpha value is -5.88. The number of piperazine rings is 1. The zero-order chi connectivity index (χ0) is 50.4. The molecule has 72 heavy (non-hydrogen) atoms. The van der Waals surface area contributed by atoms with Gasteiger partial charge in [-0.25, -0.2) is 15.0 Å². The predicted octanol–water partition coefficient (Wildman–Crippen LogP) is 8.34. The van der Waals surface area contributed by atoms with Gasteiger partial charge in [0.2, 0.25) is 5.91 Å². The van der Waals surface area contributed by atoms with Crippen LogP contribution in [0.3, 0.4) is 0 Å². The van der Waals surface area contributed by atoms with Gasteiger partial charge in [0, 0.05) is 116 Å². The number of rotatable bonds is 16. The van der Waals surface area contributed by atoms with Crippen LogP contribution in [-0.4, -0.2) is 147 Å². The third-order valence-electron chi connectivity index (χ3n) is 14.5. The number of likely N-dealkylation sites (N-methyl/N-ethyl adjacent to an activating group) is 1. The first-order valence-electron chi connectivity index (χ1n) is 25.0. The summed E-state index contributed by atoms with van der Waals surface area (Å²) in [5.74, 6) is 2.01. The van der Waals surface area contributed by atoms with E-state index in [0.29, 0.717) is 81.1 Å². The Morgan fingerprint density at radius 2 is 1.61 bits per heavy atom. The lowest BCUT2D eigenvalue weighted by atomic mass is 9.97. The second-order valence-electron chi connectivity index (χ2n) is 19.5. The summed E-state index contributed by atoms with van der Waals surface area (Å²) in [4.78, 5) is 51.5. The highest BCUT2D eigenvalue weighted by Crippen LogP contribution is 2.46. The molecule has 3 aromatic carbocycles. The van der Waals surface area contributed by atoms with Crippen molar-refractivity contribution in [3.05, 3.63) is 105 Å². The molecule has 2 amide bonds. The van der Waals surface area contributed by atoms with E-state index in [-0.39, 0.29) is 17.9 Å². The van der Waals surface area contributed by atoms with Crippen LogP contribution in [0, 0.1) is 27.7 Å². The minimum absolute atomic E-state index is 0.0843. The third kappa shape index (κ3) is 9.72. The van der Waals surface area contributed by atoms with Crippen LogP contribution in [0.4, 0.5) is 5.69 Å². The number of methoxy groups -OCH3 is 1. The Balaban J connectivity index is 1.07. The third-order valence-corrected chi connectivity index (χ3v) is 15.4. The molecule has 0 unspecified atom stereocenters. The molecule has 16 nitrogen and oxygen atoms in total. The highest BCUT2D eigenvalue weighted by molar-refractivity contribution is 6.35. The van der Waals surface area contributed by atoms with Gasteiger partial charge in [0.25, 0.3) is 5.91 Å². The van der Waals surface area contributed by atoms with E-state index in [2.05, 4.69) is 61.3 Å². The van der Waals surface area contributed by atoms with E-state index >= 15 is 4.79 Å². The number of morpholine rings is 1. The van der Waals surface area contributed by atoms with Gasteiger partial charge < -0.3 is 33.1 Å². The summed E-state index contributed by atoms with van der Waals surface area (Å²) in [5.41, 5.74) is 10.3. The van der Waals surface area contributed by atoms with Crippen LogP contribution in [0.2, 0.25) is 10.0 Å². The summed E-state index contributed by atoms with van der Waals surface area (Å²) in [5, 5.41) is 7.97. The van der Waals surface area contributed by atoms with Crippen LogP contribution in [0.1, 0.15) is 63.8 Å². The van der Waals surface area contributed by atoms with Gasteiger partial charge in [-0.3, -0.25) is 24.1 Å². The van der Waals surface area contributed by atoms with E-state index in [9.17, 15) is 4.79 Å². The summed E-state index contributed by atoms with van der Waals surface area (Å²) in [6, 6.07) is 14.1. The summed E-state index contributed by atoms with van der Waals surface area (Å²) in [6.45, 7) is 19.1. The normalized spacial score (nSPS) is 17.0. The average molecular weight is 1020 g/mol. The largest absolute Gasteiger partial charge is 0.494 e. The molecule has 18 heteroatoms. The van der Waals surface area contributed by atoms with Crippen molar-refractivity contribution in [1.82, 2.24) is 48.6 Å². The summed E-state index contributed by atoms with van der Waals surface area (Å²) >= 11 is 13.9. The molecule has 3 aliphatic rings. The van der Waals surface area contributed by atoms with Crippen molar-refractivity contribution in [2.24, 2.45) is 0 Å². The number of amides is 2. The second kappa shape index (κ2) is 20.9. The van der Waals surface area contributed by atoms with Crippen LogP contribution in [0.25, 0.3) is 44.3 Å². The van der Waals surface area contributed by atoms with Crippen LogP contribution < -0.4 is 9.64 Å². The number of carbonyl (C=O) groups excluding carboxylic acids is 2. The molecule has 2 fully saturated rings. The Bertz CT molecular complexity index is 3150. The highest BCUT2D eigenvalue weighted by Gasteiger charge is 2.38. The minimum Gasteiger partial charge on any atom is -0.494 e. The average Bonchev–Trinajstić information content (AvgIpc) is 4.08. The van der Waals surface area contributed by atoms with E-state index in [1.165, 1.54) is 0 Å². The van der Waals surface area contributed by atoms with Crippen LogP contribution in [0.5, 0.6) is 5.75 Å². The fourth-order valence-corrected chi connectivity index (χ4v) is 11.1. The second-order valence-corrected chi connectivity index (χ2v) is 20.3. The molecule has 3 aliphatic heterocycles. The SMILES string of the molecule is COCCn1cnc(-c2ccc3c(c2)c(N2C[C@@H](C)n4c(c(CCCOc5cc(C)c(Cl)c(C)c5)c5ccc(Cl)c(-c6c(C)nc(CN7CCN(C)C(=O)C7)nc6C)c54)C2=O)cn3CCN2CCOCC2)n1. The smallest absolute Gasteiger partial charge is 0.275 e. The van der Waals surface area contributed by atoms with E-state index in [1.54, 1.807) is 23.0 Å². The molecule has 0 saturated carbocycles. The predicted molar refractivity (Wildman–Crippen MR) is 282 cm³/mol. The number of nitrogens with zero attached hydrogens (tertiary/aromatic N) is 11. The van der Waals surface area contributed by atoms with Gasteiger partial charge in [0.05, 0.1) is 67.8 Å². The van der Waals surface area contributed by atoms with Crippen molar-refractivity contribution in [1.29, 1.82) is 0 Å². The maximum atomic E-state index is 15.9. The van der Waals surface area contributed by atoms with Crippen molar-refractivity contribution in [2.45, 2.75) is 73.1 Å². The maximum Gasteiger partial charge on any atom is 0.275 e. The number of aromatic nitrogens is 7. The van der Waals surface area contributed by atoms with Crippen LogP contribution in [0.15, 0.2) is 55.0 Å². The molecule has 7 heterocycles.